The first-order valence-corrected chi connectivity index (χ1v) is 34.4. The van der Waals surface area contributed by atoms with Crippen LogP contribution in [0.25, 0.3) is 0 Å². The Morgan fingerprint density at radius 2 is 0.688 bits per heavy atom. The number of aliphatic hydroxyl groups excluding tert-OH is 9. The van der Waals surface area contributed by atoms with Crippen LogP contribution in [0.5, 0.6) is 0 Å². The number of hydrogen-bond donors (Lipinski definition) is 16. The van der Waals surface area contributed by atoms with E-state index in [0.29, 0.717) is 45.3 Å². The molecular formula is C65H121N7O24. The largest absolute Gasteiger partial charge is 0.394 e. The van der Waals surface area contributed by atoms with Crippen LogP contribution in [-0.4, -0.2) is 265 Å². The molecule has 560 valence electrons. The Bertz CT molecular complexity index is 1990. The number of Topliss-reactive ketones (excluding diaryl/α,β-unsaturated/α-hetero) is 1. The number of carbonyl (C=O) groups is 8. The van der Waals surface area contributed by atoms with Crippen molar-refractivity contribution >= 4 is 47.1 Å². The van der Waals surface area contributed by atoms with Gasteiger partial charge in [-0.3, -0.25) is 38.4 Å². The van der Waals surface area contributed by atoms with Crippen LogP contribution in [0, 0.1) is 23.7 Å². The lowest BCUT2D eigenvalue weighted by atomic mass is 9.82. The van der Waals surface area contributed by atoms with Gasteiger partial charge in [-0.05, 0) is 63.7 Å². The van der Waals surface area contributed by atoms with Crippen LogP contribution < -0.4 is 37.2 Å². The van der Waals surface area contributed by atoms with E-state index in [1.165, 1.54) is 0 Å². The number of ketones is 1. The molecule has 31 heteroatoms. The summed E-state index contributed by atoms with van der Waals surface area (Å²) in [5.41, 5.74) is -1.28. The van der Waals surface area contributed by atoms with Crippen LogP contribution in [-0.2, 0) is 71.5 Å². The molecule has 96 heavy (non-hydrogen) atoms. The minimum absolute atomic E-state index is 0.00161. The van der Waals surface area contributed by atoms with E-state index in [1.54, 1.807) is 27.9 Å². The highest BCUT2D eigenvalue weighted by Gasteiger charge is 2.45. The summed E-state index contributed by atoms with van der Waals surface area (Å²) in [4.78, 5) is 105. The van der Waals surface area contributed by atoms with Crippen molar-refractivity contribution in [3.8, 4) is 0 Å². The lowest BCUT2D eigenvalue weighted by molar-refractivity contribution is -0.282. The molecule has 6 unspecified atom stereocenters. The molecule has 3 aliphatic rings. The van der Waals surface area contributed by atoms with Gasteiger partial charge < -0.3 is 116 Å². The molecule has 3 rings (SSSR count). The zero-order valence-electron chi connectivity index (χ0n) is 58.3. The van der Waals surface area contributed by atoms with E-state index in [4.69, 9.17) is 33.2 Å². The molecule has 15 atom stereocenters. The molecule has 31 nitrogen and oxygen atoms in total. The Hall–Kier alpha value is -4.68. The zero-order valence-corrected chi connectivity index (χ0v) is 58.3. The van der Waals surface area contributed by atoms with Crippen LogP contribution in [0.4, 0.5) is 0 Å². The molecule has 0 aliphatic carbocycles. The predicted molar refractivity (Wildman–Crippen MR) is 349 cm³/mol. The third-order valence-electron chi connectivity index (χ3n) is 16.2. The molecule has 3 heterocycles. The van der Waals surface area contributed by atoms with Crippen molar-refractivity contribution in [3.05, 3.63) is 0 Å². The van der Waals surface area contributed by atoms with Crippen molar-refractivity contribution in [2.24, 2.45) is 23.7 Å². The van der Waals surface area contributed by atoms with E-state index in [1.807, 2.05) is 13.8 Å². The molecule has 0 bridgehead atoms. The summed E-state index contributed by atoms with van der Waals surface area (Å²) < 4.78 is 38.5. The average Bonchev–Trinajstić information content (AvgIpc) is 0.844. The van der Waals surface area contributed by atoms with Crippen molar-refractivity contribution in [2.45, 2.75) is 250 Å². The number of rotatable bonds is 46. The summed E-state index contributed by atoms with van der Waals surface area (Å²) >= 11 is 0. The fraction of sp³-hybridized carbons (Fsp3) is 0.877. The fourth-order valence-corrected chi connectivity index (χ4v) is 10.3. The molecule has 0 radical (unpaired) electrons. The molecule has 0 aromatic carbocycles. The summed E-state index contributed by atoms with van der Waals surface area (Å²) in [5.74, 6) is -3.87. The van der Waals surface area contributed by atoms with Gasteiger partial charge in [0.15, 0.2) is 18.9 Å². The maximum absolute atomic E-state index is 13.8. The number of aliphatic hydroxyl groups is 9. The molecule has 16 N–H and O–H groups in total. The van der Waals surface area contributed by atoms with Gasteiger partial charge in [-0.25, -0.2) is 0 Å². The highest BCUT2D eigenvalue weighted by molar-refractivity contribution is 5.82. The third-order valence-corrected chi connectivity index (χ3v) is 16.2. The second-order valence-electron chi connectivity index (χ2n) is 25.1. The lowest BCUT2D eigenvalue weighted by Gasteiger charge is -2.40. The summed E-state index contributed by atoms with van der Waals surface area (Å²) in [6.45, 7) is 15.2. The molecule has 7 amide bonds. The quantitative estimate of drug-likeness (QED) is 0.0316. The zero-order chi connectivity index (χ0) is 72.2. The number of hydrogen-bond acceptors (Lipinski definition) is 24. The van der Waals surface area contributed by atoms with Gasteiger partial charge in [-0.1, -0.05) is 55.4 Å². The van der Waals surface area contributed by atoms with E-state index in [-0.39, 0.29) is 165 Å². The Balaban J connectivity index is 0.00000738. The van der Waals surface area contributed by atoms with Crippen LogP contribution in [0.1, 0.15) is 171 Å². The SMILES string of the molecule is CC.CC(C)C.COCCCNC(=O)CCCC(=O)NC(CCC(=O)CCCCNC(=O)CCO[C@@H]1OC(CO)[C@H](O)[C@H](O)C1C)(CCC(=O)NCCCNC(=O)CCO[C@@H]1OC(CO)[C@H](O)[C@H](O)C1C)CCC(=O)NCCCNC(=O)CCO[C@@H]1OC(CO)[C@H](O)[C@H](O)C1C. The molecular weight excluding hydrogens is 1260 g/mol. The smallest absolute Gasteiger partial charge is 0.222 e. The standard InChI is InChI=1S/C59H105N7O24.C4H10.C2H6/c1-36-50(78)53(81)40(33-67)88-56(36)85-30-17-46(74)60-23-6-5-11-39(70)14-20-59(66-49(77)13-7-12-43(71)65-28-10-29-84-4,21-15-44(72)61-24-8-26-63-47(75)18-31-86-57-37(2)51(79)54(82)41(34-68)89-57)22-16-45(73)62-25-9-27-64-48(76)19-32-87-58-38(3)52(80)55(83)42(35-69)90-58;1-4(2)3;1-2/h36-38,40-42,50-58,67-69,78-83H,5-35H2,1-4H3,(H,60,74)(H,61,72)(H,62,73)(H,63,75)(H,64,76)(H,65,71)(H,66,77);4H,1-3H3;1-2H3/t36?,37?,38?,40?,41?,42?,50-,51-,52-,53+,54+,55+,56-,57-,58-,59?;;/m1../s1. The van der Waals surface area contributed by atoms with Gasteiger partial charge in [0.2, 0.25) is 41.4 Å². The lowest BCUT2D eigenvalue weighted by Crippen LogP contribution is -2.55. The van der Waals surface area contributed by atoms with Crippen LogP contribution >= 0.6 is 0 Å². The second-order valence-corrected chi connectivity index (χ2v) is 25.1. The predicted octanol–water partition coefficient (Wildman–Crippen LogP) is -1.26. The van der Waals surface area contributed by atoms with Crippen LogP contribution in [0.2, 0.25) is 0 Å². The number of nitrogens with one attached hydrogen (secondary N) is 7. The second kappa shape index (κ2) is 51.5. The van der Waals surface area contributed by atoms with E-state index >= 15 is 0 Å². The van der Waals surface area contributed by atoms with E-state index in [2.05, 4.69) is 58.0 Å². The summed E-state index contributed by atoms with van der Waals surface area (Å²) in [7, 11) is 1.55. The third kappa shape index (κ3) is 36.4. The Kier molecular flexibility index (Phi) is 47.9. The minimum Gasteiger partial charge on any atom is -0.394 e. The van der Waals surface area contributed by atoms with E-state index in [9.17, 15) is 84.3 Å². The van der Waals surface area contributed by atoms with E-state index < -0.39 is 135 Å². The van der Waals surface area contributed by atoms with Crippen LogP contribution in [0.15, 0.2) is 0 Å². The van der Waals surface area contributed by atoms with Crippen molar-refractivity contribution < 1.29 is 117 Å². The molecule has 0 saturated carbocycles. The van der Waals surface area contributed by atoms with Crippen LogP contribution in [0.3, 0.4) is 0 Å². The Morgan fingerprint density at radius 1 is 0.385 bits per heavy atom. The maximum Gasteiger partial charge on any atom is 0.222 e. The maximum atomic E-state index is 13.8. The minimum atomic E-state index is -1.30. The monoisotopic (exact) mass is 1380 g/mol. The first kappa shape index (κ1) is 89.3. The molecule has 0 spiro atoms. The highest BCUT2D eigenvalue weighted by Crippen LogP contribution is 2.31. The number of amides is 7. The van der Waals surface area contributed by atoms with Gasteiger partial charge in [-0.15, -0.1) is 0 Å². The number of ether oxygens (including phenoxy) is 7. The Labute approximate surface area is 566 Å². The van der Waals surface area contributed by atoms with Gasteiger partial charge in [0.1, 0.15) is 42.4 Å². The summed E-state index contributed by atoms with van der Waals surface area (Å²) in [6.07, 6.45) is -11.7. The molecule has 0 aromatic heterocycles. The van der Waals surface area contributed by atoms with Crippen molar-refractivity contribution in [1.82, 2.24) is 37.2 Å². The van der Waals surface area contributed by atoms with Crippen molar-refractivity contribution in [2.75, 3.05) is 92.6 Å². The summed E-state index contributed by atoms with van der Waals surface area (Å²) in [6, 6.07) is 0. The number of methoxy groups -OCH3 is 1. The Morgan fingerprint density at radius 3 is 1.03 bits per heavy atom. The summed E-state index contributed by atoms with van der Waals surface area (Å²) in [5, 5.41) is 109. The van der Waals surface area contributed by atoms with Gasteiger partial charge in [0.05, 0.1) is 77.2 Å². The van der Waals surface area contributed by atoms with Gasteiger partial charge in [0.25, 0.3) is 0 Å². The van der Waals surface area contributed by atoms with Gasteiger partial charge in [-0.2, -0.15) is 0 Å². The number of carbonyl (C=O) groups excluding carboxylic acids is 8. The van der Waals surface area contributed by atoms with Crippen molar-refractivity contribution in [3.63, 3.8) is 0 Å². The average molecular weight is 1380 g/mol. The fourth-order valence-electron chi connectivity index (χ4n) is 10.3. The van der Waals surface area contributed by atoms with E-state index in [0.717, 1.165) is 5.92 Å². The molecule has 3 saturated heterocycles. The first-order valence-electron chi connectivity index (χ1n) is 34.4. The van der Waals surface area contributed by atoms with Gasteiger partial charge >= 0.3 is 0 Å². The topological polar surface area (TPSA) is 467 Å². The van der Waals surface area contributed by atoms with Crippen molar-refractivity contribution in [1.29, 1.82) is 0 Å². The first-order chi connectivity index (χ1) is 45.7. The highest BCUT2D eigenvalue weighted by atomic mass is 16.7. The molecule has 3 fully saturated rings. The normalized spacial score (nSPS) is 26.1. The number of unbranched alkanes of at least 4 members (excludes halogenated alkanes) is 1. The molecule has 3 aliphatic heterocycles. The molecule has 0 aromatic rings. The van der Waals surface area contributed by atoms with Gasteiger partial charge in [0, 0.05) is 115 Å².